The van der Waals surface area contributed by atoms with Gasteiger partial charge in [-0.15, -0.1) is 0 Å². The molecule has 0 radical (unpaired) electrons. The fourth-order valence-electron chi connectivity index (χ4n) is 5.23. The molecule has 2 aliphatic carbocycles. The normalized spacial score (nSPS) is 16.7. The molecule has 214 valence electrons. The number of hydrogen-bond acceptors (Lipinski definition) is 6. The van der Waals surface area contributed by atoms with E-state index in [-0.39, 0.29) is 22.5 Å². The molecule has 0 heterocycles. The topological polar surface area (TPSA) is 86.7 Å². The summed E-state index contributed by atoms with van der Waals surface area (Å²) in [5.74, 6) is 0.824. The van der Waals surface area contributed by atoms with Gasteiger partial charge in [-0.05, 0) is 55.9 Å². The van der Waals surface area contributed by atoms with Gasteiger partial charge in [0.2, 0.25) is 0 Å². The number of sulfone groups is 1. The van der Waals surface area contributed by atoms with Crippen molar-refractivity contribution >= 4 is 21.8 Å². The van der Waals surface area contributed by atoms with Crippen LogP contribution >= 0.6 is 0 Å². The first-order valence-electron chi connectivity index (χ1n) is 14.7. The molecule has 0 saturated heterocycles. The molecule has 0 aromatic heterocycles. The molecule has 0 aliphatic heterocycles. The fourth-order valence-corrected chi connectivity index (χ4v) is 6.60. The van der Waals surface area contributed by atoms with E-state index in [9.17, 15) is 18.0 Å². The number of carbonyl (C=O) groups excluding carboxylic acids is 2. The average molecular weight is 549 g/mol. The predicted octanol–water partition coefficient (Wildman–Crippen LogP) is 7.60. The van der Waals surface area contributed by atoms with Gasteiger partial charge in [-0.2, -0.15) is 0 Å². The van der Waals surface area contributed by atoms with Crippen LogP contribution in [0.1, 0.15) is 110 Å². The Morgan fingerprint density at radius 1 is 0.895 bits per heavy atom. The molecule has 0 amide bonds. The molecule has 2 saturated carbocycles. The maximum Gasteiger partial charge on any atom is 0.330 e. The lowest BCUT2D eigenvalue weighted by molar-refractivity contribution is -0.140. The average Bonchev–Trinajstić information content (AvgIpc) is 2.94. The molecule has 7 heteroatoms. The second kappa shape index (κ2) is 18.2. The van der Waals surface area contributed by atoms with Crippen LogP contribution in [0.15, 0.2) is 41.8 Å². The number of hydrogen-bond donors (Lipinski definition) is 0. The van der Waals surface area contributed by atoms with Crippen LogP contribution in [-0.2, 0) is 24.2 Å². The highest BCUT2D eigenvalue weighted by Crippen LogP contribution is 2.27. The van der Waals surface area contributed by atoms with Gasteiger partial charge >= 0.3 is 11.9 Å². The third-order valence-corrected chi connectivity index (χ3v) is 9.30. The Labute approximate surface area is 230 Å². The van der Waals surface area contributed by atoms with Gasteiger partial charge in [0.1, 0.15) is 5.75 Å². The third kappa shape index (κ3) is 12.6. The molecule has 1 aromatic carbocycles. The summed E-state index contributed by atoms with van der Waals surface area (Å²) in [5.41, 5.74) is 0. The van der Waals surface area contributed by atoms with E-state index in [1.165, 1.54) is 63.5 Å². The summed E-state index contributed by atoms with van der Waals surface area (Å²) in [6.45, 7) is 5.94. The van der Waals surface area contributed by atoms with Crippen molar-refractivity contribution in [3.63, 3.8) is 0 Å². The van der Waals surface area contributed by atoms with Gasteiger partial charge in [0.05, 0.1) is 23.2 Å². The predicted molar refractivity (Wildman–Crippen MR) is 152 cm³/mol. The van der Waals surface area contributed by atoms with Gasteiger partial charge in [-0.25, -0.2) is 13.2 Å². The quantitative estimate of drug-likeness (QED) is 0.109. The standard InChI is InChI=1S/C22H30O6S.C9H18/c1-2-21(23)27-16-8-3-4-9-17-29(25,26)20-14-12-19(13-15-20)28-22(24)18-10-6-5-7-11-18;1-2-6-9-7-4-3-5-8-9/h2,12-15,18H,1,3-11,16-17H2;9H,2-8H2,1H3. The summed E-state index contributed by atoms with van der Waals surface area (Å²) < 4.78 is 35.2. The maximum absolute atomic E-state index is 12.4. The highest BCUT2D eigenvalue weighted by atomic mass is 32.2. The molecule has 0 spiro atoms. The Morgan fingerprint density at radius 3 is 2.11 bits per heavy atom. The van der Waals surface area contributed by atoms with Crippen molar-refractivity contribution in [2.24, 2.45) is 11.8 Å². The van der Waals surface area contributed by atoms with Crippen LogP contribution < -0.4 is 4.74 Å². The largest absolute Gasteiger partial charge is 0.463 e. The van der Waals surface area contributed by atoms with Crippen molar-refractivity contribution < 1.29 is 27.5 Å². The van der Waals surface area contributed by atoms with Gasteiger partial charge in [-0.3, -0.25) is 4.79 Å². The highest BCUT2D eigenvalue weighted by molar-refractivity contribution is 7.91. The van der Waals surface area contributed by atoms with Crippen molar-refractivity contribution in [1.29, 1.82) is 0 Å². The van der Waals surface area contributed by atoms with Crippen molar-refractivity contribution in [3.8, 4) is 5.75 Å². The van der Waals surface area contributed by atoms with E-state index < -0.39 is 15.8 Å². The first-order chi connectivity index (χ1) is 18.4. The van der Waals surface area contributed by atoms with Gasteiger partial charge < -0.3 is 9.47 Å². The maximum atomic E-state index is 12.4. The molecule has 0 atom stereocenters. The van der Waals surface area contributed by atoms with Gasteiger partial charge in [-0.1, -0.05) is 90.6 Å². The summed E-state index contributed by atoms with van der Waals surface area (Å²) in [6, 6.07) is 6.07. The molecule has 0 bridgehead atoms. The van der Waals surface area contributed by atoms with Crippen molar-refractivity contribution in [3.05, 3.63) is 36.9 Å². The van der Waals surface area contributed by atoms with Gasteiger partial charge in [0.15, 0.2) is 9.84 Å². The SMILES string of the molecule is C=CC(=O)OCCCCCCS(=O)(=O)c1ccc(OC(=O)C2CCCCC2)cc1.CCCC1CCCCC1. The van der Waals surface area contributed by atoms with E-state index in [1.807, 2.05) is 0 Å². The Morgan fingerprint density at radius 2 is 1.50 bits per heavy atom. The van der Waals surface area contributed by atoms with Gasteiger partial charge in [0.25, 0.3) is 0 Å². The number of rotatable bonds is 13. The Balaban J connectivity index is 0.000000474. The minimum absolute atomic E-state index is 0.0487. The summed E-state index contributed by atoms with van der Waals surface area (Å²) >= 11 is 0. The highest BCUT2D eigenvalue weighted by Gasteiger charge is 2.23. The lowest BCUT2D eigenvalue weighted by Crippen LogP contribution is -2.22. The Bertz CT molecular complexity index is 923. The number of unbranched alkanes of at least 4 members (excludes halogenated alkanes) is 3. The Kier molecular flexibility index (Phi) is 15.4. The number of carbonyl (C=O) groups is 2. The van der Waals surface area contributed by atoms with E-state index in [0.29, 0.717) is 25.2 Å². The van der Waals surface area contributed by atoms with Crippen LogP contribution in [0.4, 0.5) is 0 Å². The molecule has 0 unspecified atom stereocenters. The molecule has 1 aromatic rings. The third-order valence-electron chi connectivity index (χ3n) is 7.48. The number of benzene rings is 1. The van der Waals surface area contributed by atoms with E-state index in [1.54, 1.807) is 12.1 Å². The molecule has 2 aliphatic rings. The lowest BCUT2D eigenvalue weighted by Gasteiger charge is -2.20. The lowest BCUT2D eigenvalue weighted by atomic mass is 9.86. The summed E-state index contributed by atoms with van der Waals surface area (Å²) in [5, 5.41) is 0. The van der Waals surface area contributed by atoms with Crippen LogP contribution in [-0.4, -0.2) is 32.7 Å². The smallest absolute Gasteiger partial charge is 0.330 e. The molecular formula is C31H48O6S. The monoisotopic (exact) mass is 548 g/mol. The molecule has 38 heavy (non-hydrogen) atoms. The second-order valence-corrected chi connectivity index (χ2v) is 12.7. The minimum Gasteiger partial charge on any atom is -0.463 e. The Hall–Kier alpha value is -2.15. The molecule has 3 rings (SSSR count). The van der Waals surface area contributed by atoms with Crippen molar-refractivity contribution in [2.45, 2.75) is 115 Å². The van der Waals surface area contributed by atoms with Crippen LogP contribution in [0.3, 0.4) is 0 Å². The molecular weight excluding hydrogens is 500 g/mol. The number of ether oxygens (including phenoxy) is 2. The van der Waals surface area contributed by atoms with Crippen LogP contribution in [0.25, 0.3) is 0 Å². The zero-order valence-corrected chi connectivity index (χ0v) is 24.2. The van der Waals surface area contributed by atoms with Crippen LogP contribution in [0.5, 0.6) is 5.75 Å². The summed E-state index contributed by atoms with van der Waals surface area (Å²) in [6.07, 6.45) is 19.3. The van der Waals surface area contributed by atoms with Crippen molar-refractivity contribution in [2.75, 3.05) is 12.4 Å². The van der Waals surface area contributed by atoms with E-state index in [0.717, 1.165) is 50.5 Å². The molecule has 6 nitrogen and oxygen atoms in total. The van der Waals surface area contributed by atoms with Gasteiger partial charge in [0, 0.05) is 6.08 Å². The fraction of sp³-hybridized carbons (Fsp3) is 0.677. The summed E-state index contributed by atoms with van der Waals surface area (Å²) in [7, 11) is -3.38. The summed E-state index contributed by atoms with van der Waals surface area (Å²) in [4.78, 5) is 23.3. The first-order valence-corrected chi connectivity index (χ1v) is 16.3. The van der Waals surface area contributed by atoms with Crippen molar-refractivity contribution in [1.82, 2.24) is 0 Å². The number of esters is 2. The van der Waals surface area contributed by atoms with Crippen LogP contribution in [0.2, 0.25) is 0 Å². The van der Waals surface area contributed by atoms with Crippen LogP contribution in [0, 0.1) is 11.8 Å². The zero-order valence-electron chi connectivity index (χ0n) is 23.3. The minimum atomic E-state index is -3.38. The van der Waals surface area contributed by atoms with E-state index in [4.69, 9.17) is 9.47 Å². The first kappa shape index (κ1) is 32.1. The molecule has 0 N–H and O–H groups in total. The zero-order chi connectivity index (χ0) is 27.6. The van der Waals surface area contributed by atoms with E-state index in [2.05, 4.69) is 13.5 Å². The van der Waals surface area contributed by atoms with E-state index >= 15 is 0 Å². The second-order valence-electron chi connectivity index (χ2n) is 10.6. The molecule has 2 fully saturated rings.